The van der Waals surface area contributed by atoms with Crippen molar-refractivity contribution >= 4 is 17.7 Å². The summed E-state index contributed by atoms with van der Waals surface area (Å²) in [4.78, 5) is 39.9. The third-order valence-electron chi connectivity index (χ3n) is 4.62. The van der Waals surface area contributed by atoms with Crippen molar-refractivity contribution < 1.29 is 14.4 Å². The molecule has 23 heavy (non-hydrogen) atoms. The number of likely N-dealkylation sites (tertiary alicyclic amines) is 1. The van der Waals surface area contributed by atoms with Crippen molar-refractivity contribution in [2.75, 3.05) is 26.2 Å². The maximum absolute atomic E-state index is 12.2. The van der Waals surface area contributed by atoms with E-state index in [0.29, 0.717) is 23.7 Å². The highest BCUT2D eigenvalue weighted by atomic mass is 16.2. The molecule has 0 saturated carbocycles. The zero-order valence-electron chi connectivity index (χ0n) is 13.2. The molecule has 0 spiro atoms. The number of fused-ring (bicyclic) bond motifs is 1. The Kier molecular flexibility index (Phi) is 4.43. The number of carbonyl (C=O) groups excluding carboxylic acids is 3. The molecule has 122 valence electrons. The van der Waals surface area contributed by atoms with Crippen LogP contribution in [0.4, 0.5) is 0 Å². The Morgan fingerprint density at radius 2 is 1.87 bits per heavy atom. The van der Waals surface area contributed by atoms with Crippen molar-refractivity contribution in [3.63, 3.8) is 0 Å². The Morgan fingerprint density at radius 1 is 1.22 bits per heavy atom. The van der Waals surface area contributed by atoms with E-state index in [1.807, 2.05) is 0 Å². The molecule has 2 aliphatic rings. The zero-order valence-corrected chi connectivity index (χ0v) is 13.2. The molecule has 0 bridgehead atoms. The van der Waals surface area contributed by atoms with Crippen LogP contribution < -0.4 is 5.32 Å². The summed E-state index contributed by atoms with van der Waals surface area (Å²) in [6.45, 7) is 4.49. The number of hydrogen-bond donors (Lipinski definition) is 1. The van der Waals surface area contributed by atoms with Crippen molar-refractivity contribution in [2.24, 2.45) is 0 Å². The van der Waals surface area contributed by atoms with Crippen molar-refractivity contribution in [3.05, 3.63) is 35.4 Å². The average molecular weight is 315 g/mol. The molecular formula is C17H21N3O3. The van der Waals surface area contributed by atoms with Gasteiger partial charge in [-0.2, -0.15) is 0 Å². The number of imide groups is 1. The van der Waals surface area contributed by atoms with Crippen molar-refractivity contribution in [1.29, 1.82) is 0 Å². The van der Waals surface area contributed by atoms with Crippen LogP contribution in [0.2, 0.25) is 0 Å². The first-order valence-corrected chi connectivity index (χ1v) is 8.07. The molecule has 1 N–H and O–H groups in total. The van der Waals surface area contributed by atoms with E-state index in [9.17, 15) is 14.4 Å². The summed E-state index contributed by atoms with van der Waals surface area (Å²) in [5, 5.41) is 2.86. The lowest BCUT2D eigenvalue weighted by Gasteiger charge is -2.23. The molecule has 3 rings (SSSR count). The van der Waals surface area contributed by atoms with E-state index in [1.165, 1.54) is 0 Å². The monoisotopic (exact) mass is 315 g/mol. The number of rotatable bonds is 5. The number of nitrogens with zero attached hydrogens (tertiary/aromatic N) is 2. The second-order valence-corrected chi connectivity index (χ2v) is 5.97. The molecule has 1 atom stereocenters. The maximum atomic E-state index is 12.2. The van der Waals surface area contributed by atoms with Gasteiger partial charge in [0.15, 0.2) is 0 Å². The van der Waals surface area contributed by atoms with Gasteiger partial charge in [0.25, 0.3) is 11.8 Å². The van der Waals surface area contributed by atoms with Gasteiger partial charge in [-0.15, -0.1) is 0 Å². The molecule has 0 aliphatic carbocycles. The molecule has 0 radical (unpaired) electrons. The SMILES string of the molecule is CCN1CCC[C@H]1CNC(=O)CN1C(=O)c2ccccc2C1=O. The van der Waals surface area contributed by atoms with Gasteiger partial charge in [-0.25, -0.2) is 0 Å². The van der Waals surface area contributed by atoms with E-state index >= 15 is 0 Å². The molecule has 3 amide bonds. The van der Waals surface area contributed by atoms with E-state index < -0.39 is 11.8 Å². The molecule has 6 heteroatoms. The Bertz CT molecular complexity index is 609. The summed E-state index contributed by atoms with van der Waals surface area (Å²) < 4.78 is 0. The normalized spacial score (nSPS) is 20.9. The third kappa shape index (κ3) is 2.99. The predicted molar refractivity (Wildman–Crippen MR) is 85.1 cm³/mol. The van der Waals surface area contributed by atoms with Crippen LogP contribution in [-0.2, 0) is 4.79 Å². The van der Waals surface area contributed by atoms with Gasteiger partial charge in [0.05, 0.1) is 11.1 Å². The Balaban J connectivity index is 1.57. The first-order valence-electron chi connectivity index (χ1n) is 8.07. The molecule has 0 unspecified atom stereocenters. The van der Waals surface area contributed by atoms with Crippen LogP contribution in [0.25, 0.3) is 0 Å². The van der Waals surface area contributed by atoms with Crippen LogP contribution in [0, 0.1) is 0 Å². The van der Waals surface area contributed by atoms with Gasteiger partial charge < -0.3 is 5.32 Å². The van der Waals surface area contributed by atoms with Crippen LogP contribution in [0.3, 0.4) is 0 Å². The minimum atomic E-state index is -0.392. The number of carbonyl (C=O) groups is 3. The highest BCUT2D eigenvalue weighted by Gasteiger charge is 2.36. The highest BCUT2D eigenvalue weighted by molar-refractivity contribution is 6.22. The average Bonchev–Trinajstić information content (AvgIpc) is 3.12. The molecular weight excluding hydrogens is 294 g/mol. The molecule has 2 aliphatic heterocycles. The summed E-state index contributed by atoms with van der Waals surface area (Å²) >= 11 is 0. The van der Waals surface area contributed by atoms with Crippen LogP contribution in [0.15, 0.2) is 24.3 Å². The number of benzene rings is 1. The largest absolute Gasteiger partial charge is 0.353 e. The lowest BCUT2D eigenvalue weighted by molar-refractivity contribution is -0.121. The predicted octanol–water partition coefficient (Wildman–Crippen LogP) is 0.883. The smallest absolute Gasteiger partial charge is 0.262 e. The zero-order chi connectivity index (χ0) is 16.4. The van der Waals surface area contributed by atoms with Gasteiger partial charge in [-0.05, 0) is 38.1 Å². The van der Waals surface area contributed by atoms with Gasteiger partial charge >= 0.3 is 0 Å². The van der Waals surface area contributed by atoms with Gasteiger partial charge in [0.2, 0.25) is 5.91 Å². The molecule has 6 nitrogen and oxygen atoms in total. The lowest BCUT2D eigenvalue weighted by atomic mass is 10.1. The van der Waals surface area contributed by atoms with Gasteiger partial charge in [0, 0.05) is 12.6 Å². The fourth-order valence-electron chi connectivity index (χ4n) is 3.36. The second-order valence-electron chi connectivity index (χ2n) is 5.97. The number of hydrogen-bond acceptors (Lipinski definition) is 4. The fourth-order valence-corrected chi connectivity index (χ4v) is 3.36. The highest BCUT2D eigenvalue weighted by Crippen LogP contribution is 2.22. The Hall–Kier alpha value is -2.21. The van der Waals surface area contributed by atoms with Gasteiger partial charge in [-0.3, -0.25) is 24.2 Å². The summed E-state index contributed by atoms with van der Waals surface area (Å²) in [7, 11) is 0. The topological polar surface area (TPSA) is 69.7 Å². The van der Waals surface area contributed by atoms with Crippen LogP contribution >= 0.6 is 0 Å². The van der Waals surface area contributed by atoms with Gasteiger partial charge in [0.1, 0.15) is 6.54 Å². The fraction of sp³-hybridized carbons (Fsp3) is 0.471. The van der Waals surface area contributed by atoms with Gasteiger partial charge in [-0.1, -0.05) is 19.1 Å². The quantitative estimate of drug-likeness (QED) is 0.819. The van der Waals surface area contributed by atoms with E-state index in [-0.39, 0.29) is 12.5 Å². The molecule has 0 aromatic heterocycles. The van der Waals surface area contributed by atoms with Crippen LogP contribution in [0.5, 0.6) is 0 Å². The molecule has 1 fully saturated rings. The summed E-state index contributed by atoms with van der Waals surface area (Å²) in [5.41, 5.74) is 0.747. The van der Waals surface area contributed by atoms with Crippen LogP contribution in [-0.4, -0.2) is 59.7 Å². The minimum absolute atomic E-state index is 0.217. The summed E-state index contributed by atoms with van der Waals surface area (Å²) in [6.07, 6.45) is 2.22. The number of likely N-dealkylation sites (N-methyl/N-ethyl adjacent to an activating group) is 1. The maximum Gasteiger partial charge on any atom is 0.262 e. The van der Waals surface area contributed by atoms with E-state index in [1.54, 1.807) is 24.3 Å². The molecule has 1 saturated heterocycles. The summed E-state index contributed by atoms with van der Waals surface area (Å²) in [6, 6.07) is 7.02. The summed E-state index contributed by atoms with van der Waals surface area (Å²) in [5.74, 6) is -1.07. The Morgan fingerprint density at radius 3 is 2.48 bits per heavy atom. The van der Waals surface area contributed by atoms with Crippen molar-refractivity contribution in [3.8, 4) is 0 Å². The van der Waals surface area contributed by atoms with E-state index in [4.69, 9.17) is 0 Å². The Labute approximate surface area is 135 Å². The number of nitrogens with one attached hydrogen (secondary N) is 1. The van der Waals surface area contributed by atoms with E-state index in [0.717, 1.165) is 30.8 Å². The number of amides is 3. The molecule has 1 aromatic carbocycles. The van der Waals surface area contributed by atoms with Crippen molar-refractivity contribution in [2.45, 2.75) is 25.8 Å². The first-order chi connectivity index (χ1) is 11.1. The second kappa shape index (κ2) is 6.50. The third-order valence-corrected chi connectivity index (χ3v) is 4.62. The molecule has 2 heterocycles. The standard InChI is InChI=1S/C17H21N3O3/c1-2-19-9-5-6-12(19)10-18-15(21)11-20-16(22)13-7-3-4-8-14(13)17(20)23/h3-4,7-8,12H,2,5-6,9-11H2,1H3,(H,18,21)/t12-/m0/s1. The van der Waals surface area contributed by atoms with Crippen LogP contribution in [0.1, 0.15) is 40.5 Å². The van der Waals surface area contributed by atoms with E-state index in [2.05, 4.69) is 17.1 Å². The lowest BCUT2D eigenvalue weighted by Crippen LogP contribution is -2.45. The van der Waals surface area contributed by atoms with Crippen molar-refractivity contribution in [1.82, 2.24) is 15.1 Å². The molecule has 1 aromatic rings. The first kappa shape index (κ1) is 15.7. The minimum Gasteiger partial charge on any atom is -0.353 e.